The first kappa shape index (κ1) is 14.1. The smallest absolute Gasteiger partial charge is 0.0693 e. The fourth-order valence-electron chi connectivity index (χ4n) is 1.05. The fraction of sp³-hybridized carbons (Fsp3) is 1.00. The Morgan fingerprint density at radius 2 is 1.93 bits per heavy atom. The molecule has 14 heavy (non-hydrogen) atoms. The van der Waals surface area contributed by atoms with E-state index in [1.54, 1.807) is 13.4 Å². The maximum Gasteiger partial charge on any atom is 0.0693 e. The third-order valence-corrected chi connectivity index (χ3v) is 4.03. The molecule has 4 atom stereocenters. The van der Waals surface area contributed by atoms with Gasteiger partial charge in [0.2, 0.25) is 0 Å². The first-order chi connectivity index (χ1) is 6.49. The Morgan fingerprint density at radius 3 is 2.36 bits per heavy atom. The Hall–Kier alpha value is 0.0700. The van der Waals surface area contributed by atoms with Crippen molar-refractivity contribution in [3.8, 4) is 0 Å². The number of ether oxygens (including phenoxy) is 1. The standard InChI is InChI=1S/C10H23NO2S/c1-8(14(5)12)6-7-11-9(2)10(3)13-4/h8-11H,6-7H2,1-5H3. The number of hydrogen-bond acceptors (Lipinski definition) is 3. The predicted molar refractivity (Wildman–Crippen MR) is 62.1 cm³/mol. The molecule has 0 rings (SSSR count). The molecule has 4 heteroatoms. The van der Waals surface area contributed by atoms with Gasteiger partial charge in [0, 0.05) is 35.5 Å². The molecule has 0 aromatic heterocycles. The van der Waals surface area contributed by atoms with E-state index in [1.165, 1.54) is 0 Å². The molecule has 0 aliphatic heterocycles. The first-order valence-electron chi connectivity index (χ1n) is 5.07. The second-order valence-electron chi connectivity index (χ2n) is 3.78. The number of nitrogens with one attached hydrogen (secondary N) is 1. The highest BCUT2D eigenvalue weighted by molar-refractivity contribution is 7.84. The van der Waals surface area contributed by atoms with Gasteiger partial charge in [0.25, 0.3) is 0 Å². The Bertz CT molecular complexity index is 176. The van der Waals surface area contributed by atoms with Crippen molar-refractivity contribution in [3.05, 3.63) is 0 Å². The van der Waals surface area contributed by atoms with Gasteiger partial charge in [-0.1, -0.05) is 6.92 Å². The van der Waals surface area contributed by atoms with Crippen LogP contribution in [0.25, 0.3) is 0 Å². The minimum atomic E-state index is -0.709. The van der Waals surface area contributed by atoms with Gasteiger partial charge in [0.1, 0.15) is 0 Å². The topological polar surface area (TPSA) is 38.3 Å². The van der Waals surface area contributed by atoms with E-state index < -0.39 is 10.8 Å². The van der Waals surface area contributed by atoms with E-state index in [0.29, 0.717) is 6.04 Å². The van der Waals surface area contributed by atoms with Gasteiger partial charge in [-0.2, -0.15) is 0 Å². The fourth-order valence-corrected chi connectivity index (χ4v) is 1.50. The van der Waals surface area contributed by atoms with Crippen LogP contribution in [-0.4, -0.2) is 41.5 Å². The molecular formula is C10H23NO2S. The third kappa shape index (κ3) is 5.73. The van der Waals surface area contributed by atoms with Crippen molar-refractivity contribution >= 4 is 10.8 Å². The normalized spacial score (nSPS) is 20.1. The molecule has 0 aliphatic rings. The van der Waals surface area contributed by atoms with E-state index in [9.17, 15) is 4.21 Å². The summed E-state index contributed by atoms with van der Waals surface area (Å²) in [5.74, 6) is 0. The molecule has 0 heterocycles. The van der Waals surface area contributed by atoms with Gasteiger partial charge in [-0.15, -0.1) is 0 Å². The maximum absolute atomic E-state index is 11.1. The van der Waals surface area contributed by atoms with Crippen LogP contribution in [0.15, 0.2) is 0 Å². The lowest BCUT2D eigenvalue weighted by molar-refractivity contribution is 0.0888. The van der Waals surface area contributed by atoms with Crippen molar-refractivity contribution in [2.45, 2.75) is 44.6 Å². The van der Waals surface area contributed by atoms with E-state index in [-0.39, 0.29) is 11.4 Å². The van der Waals surface area contributed by atoms with Gasteiger partial charge in [0.15, 0.2) is 0 Å². The lowest BCUT2D eigenvalue weighted by atomic mass is 10.2. The van der Waals surface area contributed by atoms with Crippen LogP contribution in [0.5, 0.6) is 0 Å². The van der Waals surface area contributed by atoms with Crippen molar-refractivity contribution in [3.63, 3.8) is 0 Å². The second-order valence-corrected chi connectivity index (χ2v) is 5.58. The van der Waals surface area contributed by atoms with Crippen LogP contribution in [-0.2, 0) is 15.5 Å². The van der Waals surface area contributed by atoms with Crippen LogP contribution in [0.3, 0.4) is 0 Å². The highest BCUT2D eigenvalue weighted by atomic mass is 32.2. The monoisotopic (exact) mass is 221 g/mol. The second kappa shape index (κ2) is 7.37. The lowest BCUT2D eigenvalue weighted by Gasteiger charge is -2.20. The molecule has 0 bridgehead atoms. The van der Waals surface area contributed by atoms with Crippen LogP contribution in [0.1, 0.15) is 27.2 Å². The van der Waals surface area contributed by atoms with Crippen LogP contribution in [0.2, 0.25) is 0 Å². The molecule has 0 saturated carbocycles. The Kier molecular flexibility index (Phi) is 7.41. The van der Waals surface area contributed by atoms with E-state index >= 15 is 0 Å². The molecule has 0 amide bonds. The Labute approximate surface area is 90.1 Å². The zero-order valence-electron chi connectivity index (χ0n) is 9.87. The van der Waals surface area contributed by atoms with Crippen LogP contribution in [0, 0.1) is 0 Å². The summed E-state index contributed by atoms with van der Waals surface area (Å²) in [6.07, 6.45) is 2.92. The van der Waals surface area contributed by atoms with Crippen molar-refractivity contribution in [1.82, 2.24) is 5.32 Å². The molecule has 86 valence electrons. The number of methoxy groups -OCH3 is 1. The molecule has 3 nitrogen and oxygen atoms in total. The van der Waals surface area contributed by atoms with Crippen LogP contribution in [0.4, 0.5) is 0 Å². The van der Waals surface area contributed by atoms with Crippen molar-refractivity contribution in [2.24, 2.45) is 0 Å². The first-order valence-corrected chi connectivity index (χ1v) is 6.69. The molecule has 0 radical (unpaired) electrons. The highest BCUT2D eigenvalue weighted by Crippen LogP contribution is 2.00. The van der Waals surface area contributed by atoms with E-state index in [0.717, 1.165) is 13.0 Å². The van der Waals surface area contributed by atoms with Gasteiger partial charge in [0.05, 0.1) is 6.10 Å². The van der Waals surface area contributed by atoms with Gasteiger partial charge in [-0.3, -0.25) is 4.21 Å². The average Bonchev–Trinajstić information content (AvgIpc) is 2.15. The van der Waals surface area contributed by atoms with Crippen LogP contribution < -0.4 is 5.32 Å². The van der Waals surface area contributed by atoms with Gasteiger partial charge in [-0.25, -0.2) is 0 Å². The Morgan fingerprint density at radius 1 is 1.36 bits per heavy atom. The molecule has 1 N–H and O–H groups in total. The summed E-state index contributed by atoms with van der Waals surface area (Å²) in [5.41, 5.74) is 0. The zero-order chi connectivity index (χ0) is 11.1. The molecule has 0 aromatic rings. The third-order valence-electron chi connectivity index (χ3n) is 2.66. The van der Waals surface area contributed by atoms with Gasteiger partial charge >= 0.3 is 0 Å². The zero-order valence-corrected chi connectivity index (χ0v) is 10.7. The van der Waals surface area contributed by atoms with Gasteiger partial charge in [-0.05, 0) is 26.8 Å². The van der Waals surface area contributed by atoms with Crippen LogP contribution >= 0.6 is 0 Å². The predicted octanol–water partition coefficient (Wildman–Crippen LogP) is 1.16. The molecule has 0 aromatic carbocycles. The van der Waals surface area contributed by atoms with Crippen molar-refractivity contribution < 1.29 is 8.95 Å². The molecule has 4 unspecified atom stereocenters. The SMILES string of the molecule is COC(C)C(C)NCCC(C)S(C)=O. The Balaban J connectivity index is 3.58. The molecule has 0 aliphatic carbocycles. The summed E-state index contributed by atoms with van der Waals surface area (Å²) < 4.78 is 16.3. The molecule has 0 fully saturated rings. The number of rotatable bonds is 7. The molecular weight excluding hydrogens is 198 g/mol. The summed E-state index contributed by atoms with van der Waals surface area (Å²) in [5, 5.41) is 3.63. The van der Waals surface area contributed by atoms with Crippen molar-refractivity contribution in [1.29, 1.82) is 0 Å². The summed E-state index contributed by atoms with van der Waals surface area (Å²) >= 11 is 0. The highest BCUT2D eigenvalue weighted by Gasteiger charge is 2.11. The minimum Gasteiger partial charge on any atom is -0.380 e. The molecule has 0 spiro atoms. The van der Waals surface area contributed by atoms with Crippen molar-refractivity contribution in [2.75, 3.05) is 19.9 Å². The summed E-state index contributed by atoms with van der Waals surface area (Å²) in [7, 11) is 1.01. The largest absolute Gasteiger partial charge is 0.380 e. The average molecular weight is 221 g/mol. The van der Waals surface area contributed by atoms with E-state index in [4.69, 9.17) is 4.74 Å². The maximum atomic E-state index is 11.1. The quantitative estimate of drug-likeness (QED) is 0.701. The van der Waals surface area contributed by atoms with E-state index in [2.05, 4.69) is 12.2 Å². The minimum absolute atomic E-state index is 0.220. The summed E-state index contributed by atoms with van der Waals surface area (Å²) in [4.78, 5) is 0. The summed E-state index contributed by atoms with van der Waals surface area (Å²) in [6.45, 7) is 7.05. The van der Waals surface area contributed by atoms with Gasteiger partial charge < -0.3 is 10.1 Å². The van der Waals surface area contributed by atoms with E-state index in [1.807, 2.05) is 13.8 Å². The molecule has 0 saturated heterocycles. The summed E-state index contributed by atoms with van der Waals surface area (Å²) in [6, 6.07) is 0.345. The lowest BCUT2D eigenvalue weighted by Crippen LogP contribution is -2.38. The number of hydrogen-bond donors (Lipinski definition) is 1.